The second kappa shape index (κ2) is 9.24. The van der Waals surface area contributed by atoms with E-state index in [0.29, 0.717) is 11.3 Å². The summed E-state index contributed by atoms with van der Waals surface area (Å²) >= 11 is 0. The lowest BCUT2D eigenvalue weighted by Crippen LogP contribution is -2.42. The molecule has 0 bridgehead atoms. The van der Waals surface area contributed by atoms with Crippen molar-refractivity contribution in [1.82, 2.24) is 5.32 Å². The van der Waals surface area contributed by atoms with Crippen LogP contribution in [0.1, 0.15) is 28.2 Å². The van der Waals surface area contributed by atoms with Crippen molar-refractivity contribution in [1.29, 1.82) is 0 Å². The minimum absolute atomic E-state index is 0.0612. The number of fused-ring (bicyclic) bond motifs is 3. The number of aryl methyl sites for hydroxylation is 1. The Bertz CT molecular complexity index is 1160. The van der Waals surface area contributed by atoms with Crippen LogP contribution in [0, 0.1) is 6.92 Å². The SMILES string of the molecule is COc1cc(CC(NC(=O)OCC2c3ccccc3-c3ccccc32)C(=O)O)c(O)cc1C. The van der Waals surface area contributed by atoms with Crippen molar-refractivity contribution < 1.29 is 29.3 Å². The molecule has 1 unspecified atom stereocenters. The molecule has 4 rings (SSSR count). The Morgan fingerprint density at radius 2 is 1.64 bits per heavy atom. The number of hydrogen-bond donors (Lipinski definition) is 3. The standard InChI is InChI=1S/C26H25NO6/c1-15-11-23(28)16(13-24(15)32-2)12-22(25(29)30)27-26(31)33-14-21-19-9-5-3-7-17(19)18-8-4-6-10-20(18)21/h3-11,13,21-22,28H,12,14H2,1-2H3,(H,27,31)(H,29,30). The number of nitrogens with one attached hydrogen (secondary N) is 1. The van der Waals surface area contributed by atoms with E-state index in [-0.39, 0.29) is 24.7 Å². The molecule has 1 aliphatic rings. The topological polar surface area (TPSA) is 105 Å². The molecule has 1 amide bonds. The van der Waals surface area contributed by atoms with E-state index >= 15 is 0 Å². The van der Waals surface area contributed by atoms with Gasteiger partial charge in [-0.15, -0.1) is 0 Å². The Balaban J connectivity index is 1.45. The van der Waals surface area contributed by atoms with E-state index in [4.69, 9.17) is 9.47 Å². The van der Waals surface area contributed by atoms with E-state index in [1.54, 1.807) is 13.0 Å². The number of phenolic OH excluding ortho intramolecular Hbond substituents is 1. The smallest absolute Gasteiger partial charge is 0.407 e. The molecule has 0 spiro atoms. The van der Waals surface area contributed by atoms with E-state index in [1.807, 2.05) is 48.5 Å². The number of ether oxygens (including phenoxy) is 2. The van der Waals surface area contributed by atoms with Crippen LogP contribution in [0.5, 0.6) is 11.5 Å². The van der Waals surface area contributed by atoms with Crippen LogP contribution < -0.4 is 10.1 Å². The number of amides is 1. The Hall–Kier alpha value is -4.00. The fraction of sp³-hybridized carbons (Fsp3) is 0.231. The maximum atomic E-state index is 12.5. The highest BCUT2D eigenvalue weighted by atomic mass is 16.5. The molecule has 1 aliphatic carbocycles. The average Bonchev–Trinajstić information content (AvgIpc) is 3.12. The third-order valence-electron chi connectivity index (χ3n) is 5.95. The van der Waals surface area contributed by atoms with Gasteiger partial charge in [0.05, 0.1) is 7.11 Å². The van der Waals surface area contributed by atoms with Gasteiger partial charge in [0.2, 0.25) is 0 Å². The molecule has 0 radical (unpaired) electrons. The first kappa shape index (κ1) is 22.2. The summed E-state index contributed by atoms with van der Waals surface area (Å²) < 4.78 is 10.7. The van der Waals surface area contributed by atoms with Gasteiger partial charge in [-0.1, -0.05) is 48.5 Å². The number of carbonyl (C=O) groups is 2. The largest absolute Gasteiger partial charge is 0.508 e. The molecule has 3 N–H and O–H groups in total. The van der Waals surface area contributed by atoms with Crippen molar-refractivity contribution in [2.24, 2.45) is 0 Å². The first-order valence-electron chi connectivity index (χ1n) is 10.6. The predicted octanol–water partition coefficient (Wildman–Crippen LogP) is 4.24. The maximum Gasteiger partial charge on any atom is 0.407 e. The first-order valence-corrected chi connectivity index (χ1v) is 10.6. The van der Waals surface area contributed by atoms with Crippen LogP contribution in [0.4, 0.5) is 4.79 Å². The lowest BCUT2D eigenvalue weighted by molar-refractivity contribution is -0.139. The summed E-state index contributed by atoms with van der Waals surface area (Å²) in [6.45, 7) is 1.85. The number of alkyl carbamates (subject to hydrolysis) is 1. The zero-order chi connectivity index (χ0) is 23.5. The van der Waals surface area contributed by atoms with Crippen LogP contribution in [-0.2, 0) is 16.0 Å². The number of aromatic hydroxyl groups is 1. The van der Waals surface area contributed by atoms with Crippen molar-refractivity contribution in [2.75, 3.05) is 13.7 Å². The van der Waals surface area contributed by atoms with Crippen molar-refractivity contribution >= 4 is 12.1 Å². The lowest BCUT2D eigenvalue weighted by atomic mass is 9.98. The Morgan fingerprint density at radius 1 is 1.03 bits per heavy atom. The van der Waals surface area contributed by atoms with E-state index < -0.39 is 18.1 Å². The monoisotopic (exact) mass is 447 g/mol. The highest BCUT2D eigenvalue weighted by molar-refractivity contribution is 5.81. The molecule has 7 nitrogen and oxygen atoms in total. The summed E-state index contributed by atoms with van der Waals surface area (Å²) in [4.78, 5) is 24.3. The number of aliphatic carboxylic acids is 1. The third kappa shape index (κ3) is 4.48. The summed E-state index contributed by atoms with van der Waals surface area (Å²) in [6.07, 6.45) is -0.954. The third-order valence-corrected chi connectivity index (χ3v) is 5.95. The quantitative estimate of drug-likeness (QED) is 0.500. The molecule has 33 heavy (non-hydrogen) atoms. The number of carboxylic acids is 1. The zero-order valence-electron chi connectivity index (χ0n) is 18.4. The number of methoxy groups -OCH3 is 1. The molecule has 0 heterocycles. The fourth-order valence-corrected chi connectivity index (χ4v) is 4.30. The van der Waals surface area contributed by atoms with Gasteiger partial charge in [0.1, 0.15) is 24.1 Å². The molecule has 3 aromatic rings. The molecule has 0 saturated carbocycles. The average molecular weight is 447 g/mol. The van der Waals surface area contributed by atoms with Crippen LogP contribution in [0.15, 0.2) is 60.7 Å². The van der Waals surface area contributed by atoms with Crippen LogP contribution in [0.2, 0.25) is 0 Å². The zero-order valence-corrected chi connectivity index (χ0v) is 18.4. The molecule has 3 aromatic carbocycles. The number of benzene rings is 3. The minimum atomic E-state index is -1.28. The van der Waals surface area contributed by atoms with Gasteiger partial charge in [-0.3, -0.25) is 0 Å². The minimum Gasteiger partial charge on any atom is -0.508 e. The van der Waals surface area contributed by atoms with Crippen molar-refractivity contribution in [2.45, 2.75) is 25.3 Å². The number of phenols is 1. The highest BCUT2D eigenvalue weighted by Crippen LogP contribution is 2.44. The Labute approximate surface area is 191 Å². The second-order valence-electron chi connectivity index (χ2n) is 8.02. The summed E-state index contributed by atoms with van der Waals surface area (Å²) in [5, 5.41) is 22.2. The Morgan fingerprint density at radius 3 is 2.21 bits per heavy atom. The molecular formula is C26H25NO6. The van der Waals surface area contributed by atoms with E-state index in [9.17, 15) is 19.8 Å². The second-order valence-corrected chi connectivity index (χ2v) is 8.02. The molecule has 1 atom stereocenters. The normalized spacial score (nSPS) is 13.0. The molecule has 0 aliphatic heterocycles. The van der Waals surface area contributed by atoms with Crippen LogP contribution >= 0.6 is 0 Å². The van der Waals surface area contributed by atoms with Gasteiger partial charge in [0, 0.05) is 17.9 Å². The van der Waals surface area contributed by atoms with Gasteiger partial charge in [0.25, 0.3) is 0 Å². The Kier molecular flexibility index (Phi) is 6.22. The summed E-state index contributed by atoms with van der Waals surface area (Å²) in [5.74, 6) is -0.902. The van der Waals surface area contributed by atoms with Crippen molar-refractivity contribution in [3.05, 3.63) is 82.9 Å². The molecule has 0 aromatic heterocycles. The number of carboxylic acid groups (broad SMARTS) is 1. The van der Waals surface area contributed by atoms with E-state index in [1.165, 1.54) is 13.2 Å². The summed E-state index contributed by atoms with van der Waals surface area (Å²) in [6, 6.07) is 17.7. The van der Waals surface area contributed by atoms with E-state index in [2.05, 4.69) is 5.32 Å². The van der Waals surface area contributed by atoms with Crippen molar-refractivity contribution in [3.63, 3.8) is 0 Å². The van der Waals surface area contributed by atoms with Crippen LogP contribution in [0.25, 0.3) is 11.1 Å². The van der Waals surface area contributed by atoms with Gasteiger partial charge in [0.15, 0.2) is 0 Å². The van der Waals surface area contributed by atoms with Gasteiger partial charge in [-0.25, -0.2) is 9.59 Å². The molecule has 0 fully saturated rings. The fourth-order valence-electron chi connectivity index (χ4n) is 4.30. The van der Waals surface area contributed by atoms with Crippen LogP contribution in [0.3, 0.4) is 0 Å². The maximum absolute atomic E-state index is 12.5. The van der Waals surface area contributed by atoms with Gasteiger partial charge in [-0.05, 0) is 46.9 Å². The van der Waals surface area contributed by atoms with Gasteiger partial charge in [-0.2, -0.15) is 0 Å². The highest BCUT2D eigenvalue weighted by Gasteiger charge is 2.30. The predicted molar refractivity (Wildman–Crippen MR) is 123 cm³/mol. The number of rotatable bonds is 7. The summed E-state index contributed by atoms with van der Waals surface area (Å²) in [7, 11) is 1.49. The molecule has 0 saturated heterocycles. The first-order chi connectivity index (χ1) is 15.9. The lowest BCUT2D eigenvalue weighted by Gasteiger charge is -2.18. The molecule has 170 valence electrons. The number of hydrogen-bond acceptors (Lipinski definition) is 5. The van der Waals surface area contributed by atoms with Gasteiger partial charge < -0.3 is 25.0 Å². The molecule has 7 heteroatoms. The van der Waals surface area contributed by atoms with Gasteiger partial charge >= 0.3 is 12.1 Å². The van der Waals surface area contributed by atoms with Crippen molar-refractivity contribution in [3.8, 4) is 22.6 Å². The summed E-state index contributed by atoms with van der Waals surface area (Å²) in [5.41, 5.74) is 5.42. The molecular weight excluding hydrogens is 422 g/mol. The van der Waals surface area contributed by atoms with E-state index in [0.717, 1.165) is 27.8 Å². The van der Waals surface area contributed by atoms with Crippen LogP contribution in [-0.4, -0.2) is 42.0 Å². The number of carbonyl (C=O) groups excluding carboxylic acids is 1.